The molecule has 0 saturated heterocycles. The number of sulfonamides is 1. The topological polar surface area (TPSA) is 55.4 Å². The summed E-state index contributed by atoms with van der Waals surface area (Å²) in [6.45, 7) is 0.360. The molecule has 2 aromatic carbocycles. The highest BCUT2D eigenvalue weighted by Gasteiger charge is 2.13. The standard InChI is InChI=1S/C14H13Cl2NO3S/c15-11-4-6-13(7-5-11)20-9-8-17-21(18,19)14-3-1-2-12(16)10-14/h1-7,10,17H,8-9H2. The fourth-order valence-corrected chi connectivity index (χ4v) is 3.03. The molecule has 0 atom stereocenters. The molecule has 0 aromatic heterocycles. The summed E-state index contributed by atoms with van der Waals surface area (Å²) >= 11 is 11.5. The Kier molecular flexibility index (Phi) is 5.47. The van der Waals surface area contributed by atoms with Gasteiger partial charge in [0.15, 0.2) is 0 Å². The molecule has 0 spiro atoms. The number of rotatable bonds is 6. The van der Waals surface area contributed by atoms with Crippen molar-refractivity contribution in [1.82, 2.24) is 4.72 Å². The highest BCUT2D eigenvalue weighted by atomic mass is 35.5. The average Bonchev–Trinajstić information content (AvgIpc) is 2.45. The molecule has 21 heavy (non-hydrogen) atoms. The van der Waals surface area contributed by atoms with Gasteiger partial charge in [-0.2, -0.15) is 0 Å². The average molecular weight is 346 g/mol. The third-order valence-corrected chi connectivity index (χ3v) is 4.53. The zero-order chi connectivity index (χ0) is 15.3. The Balaban J connectivity index is 1.86. The monoisotopic (exact) mass is 345 g/mol. The van der Waals surface area contributed by atoms with Crippen LogP contribution in [0.4, 0.5) is 0 Å². The third-order valence-electron chi connectivity index (χ3n) is 2.58. The van der Waals surface area contributed by atoms with Gasteiger partial charge < -0.3 is 4.74 Å². The predicted molar refractivity (Wildman–Crippen MR) is 83.6 cm³/mol. The number of benzene rings is 2. The summed E-state index contributed by atoms with van der Waals surface area (Å²) in [5.74, 6) is 0.626. The van der Waals surface area contributed by atoms with Crippen LogP contribution >= 0.6 is 23.2 Å². The van der Waals surface area contributed by atoms with Gasteiger partial charge in [0, 0.05) is 16.6 Å². The van der Waals surface area contributed by atoms with Crippen LogP contribution in [0.1, 0.15) is 0 Å². The van der Waals surface area contributed by atoms with Crippen LogP contribution in [0, 0.1) is 0 Å². The SMILES string of the molecule is O=S(=O)(NCCOc1ccc(Cl)cc1)c1cccc(Cl)c1. The van der Waals surface area contributed by atoms with Crippen molar-refractivity contribution in [3.8, 4) is 5.75 Å². The van der Waals surface area contributed by atoms with E-state index in [1.54, 1.807) is 36.4 Å². The lowest BCUT2D eigenvalue weighted by molar-refractivity contribution is 0.323. The summed E-state index contributed by atoms with van der Waals surface area (Å²) in [4.78, 5) is 0.126. The molecule has 0 unspecified atom stereocenters. The fraction of sp³-hybridized carbons (Fsp3) is 0.143. The van der Waals surface area contributed by atoms with Crippen molar-refractivity contribution >= 4 is 33.2 Å². The van der Waals surface area contributed by atoms with E-state index < -0.39 is 10.0 Å². The number of hydrogen-bond acceptors (Lipinski definition) is 3. The van der Waals surface area contributed by atoms with Crippen LogP contribution < -0.4 is 9.46 Å². The first-order chi connectivity index (χ1) is 9.97. The number of nitrogens with one attached hydrogen (secondary N) is 1. The molecule has 0 amide bonds. The van der Waals surface area contributed by atoms with Crippen molar-refractivity contribution in [2.45, 2.75) is 4.90 Å². The molecule has 0 saturated carbocycles. The minimum Gasteiger partial charge on any atom is -0.492 e. The van der Waals surface area contributed by atoms with Gasteiger partial charge in [-0.1, -0.05) is 29.3 Å². The van der Waals surface area contributed by atoms with E-state index in [2.05, 4.69) is 4.72 Å². The summed E-state index contributed by atoms with van der Waals surface area (Å²) in [7, 11) is -3.58. The summed E-state index contributed by atoms with van der Waals surface area (Å²) in [5, 5.41) is 0.985. The Morgan fingerprint density at radius 3 is 2.38 bits per heavy atom. The molecular weight excluding hydrogens is 333 g/mol. The van der Waals surface area contributed by atoms with E-state index in [0.717, 1.165) is 0 Å². The third kappa shape index (κ3) is 4.89. The maximum Gasteiger partial charge on any atom is 0.240 e. The molecule has 0 heterocycles. The second kappa shape index (κ2) is 7.13. The Morgan fingerprint density at radius 1 is 1.00 bits per heavy atom. The largest absolute Gasteiger partial charge is 0.492 e. The Hall–Kier alpha value is -1.27. The summed E-state index contributed by atoms with van der Waals surface area (Å²) in [6, 6.07) is 12.9. The van der Waals surface area contributed by atoms with E-state index in [-0.39, 0.29) is 18.0 Å². The van der Waals surface area contributed by atoms with Crippen LogP contribution in [0.15, 0.2) is 53.4 Å². The number of hydrogen-bond donors (Lipinski definition) is 1. The molecule has 0 aliphatic heterocycles. The smallest absolute Gasteiger partial charge is 0.240 e. The molecule has 0 aliphatic rings. The van der Waals surface area contributed by atoms with Gasteiger partial charge in [-0.3, -0.25) is 0 Å². The quantitative estimate of drug-likeness (QED) is 0.816. The first-order valence-electron chi connectivity index (χ1n) is 6.11. The van der Waals surface area contributed by atoms with Gasteiger partial charge >= 0.3 is 0 Å². The predicted octanol–water partition coefficient (Wildman–Crippen LogP) is 3.35. The molecule has 0 aliphatic carbocycles. The summed E-state index contributed by atoms with van der Waals surface area (Å²) < 4.78 is 31.8. The first kappa shape index (κ1) is 16.1. The fourth-order valence-electron chi connectivity index (χ4n) is 1.59. The lowest BCUT2D eigenvalue weighted by Crippen LogP contribution is -2.28. The van der Waals surface area contributed by atoms with Gasteiger partial charge in [0.05, 0.1) is 4.90 Å². The van der Waals surface area contributed by atoms with E-state index >= 15 is 0 Å². The summed E-state index contributed by atoms with van der Waals surface area (Å²) in [6.07, 6.45) is 0. The highest BCUT2D eigenvalue weighted by Crippen LogP contribution is 2.16. The van der Waals surface area contributed by atoms with Crippen molar-refractivity contribution in [3.63, 3.8) is 0 Å². The van der Waals surface area contributed by atoms with Crippen LogP contribution in [-0.4, -0.2) is 21.6 Å². The van der Waals surface area contributed by atoms with Gasteiger partial charge in [-0.15, -0.1) is 0 Å². The molecular formula is C14H13Cl2NO3S. The molecule has 2 aromatic rings. The number of ether oxygens (including phenoxy) is 1. The summed E-state index contributed by atoms with van der Waals surface area (Å²) in [5.41, 5.74) is 0. The second-order valence-corrected chi connectivity index (χ2v) is 6.80. The van der Waals surface area contributed by atoms with Crippen molar-refractivity contribution < 1.29 is 13.2 Å². The lowest BCUT2D eigenvalue weighted by atomic mass is 10.3. The van der Waals surface area contributed by atoms with E-state index in [1.165, 1.54) is 12.1 Å². The van der Waals surface area contributed by atoms with E-state index in [0.29, 0.717) is 15.8 Å². The maximum atomic E-state index is 12.0. The van der Waals surface area contributed by atoms with Gasteiger partial charge in [0.2, 0.25) is 10.0 Å². The van der Waals surface area contributed by atoms with Gasteiger partial charge in [0.1, 0.15) is 12.4 Å². The normalized spacial score (nSPS) is 11.3. The Labute approximate surface area is 133 Å². The maximum absolute atomic E-state index is 12.0. The van der Waals surface area contributed by atoms with Crippen molar-refractivity contribution in [3.05, 3.63) is 58.6 Å². The zero-order valence-corrected chi connectivity index (χ0v) is 13.3. The van der Waals surface area contributed by atoms with Gasteiger partial charge in [0.25, 0.3) is 0 Å². The van der Waals surface area contributed by atoms with Crippen LogP contribution in [0.5, 0.6) is 5.75 Å². The Morgan fingerprint density at radius 2 is 1.71 bits per heavy atom. The zero-order valence-electron chi connectivity index (χ0n) is 10.9. The molecule has 7 heteroatoms. The molecule has 1 N–H and O–H groups in total. The van der Waals surface area contributed by atoms with Crippen molar-refractivity contribution in [2.75, 3.05) is 13.2 Å². The lowest BCUT2D eigenvalue weighted by Gasteiger charge is -2.09. The Bertz CT molecular complexity index is 702. The van der Waals surface area contributed by atoms with E-state index in [9.17, 15) is 8.42 Å². The molecule has 0 radical (unpaired) electrons. The molecule has 112 valence electrons. The van der Waals surface area contributed by atoms with E-state index in [4.69, 9.17) is 27.9 Å². The second-order valence-electron chi connectivity index (χ2n) is 4.16. The first-order valence-corrected chi connectivity index (χ1v) is 8.35. The van der Waals surface area contributed by atoms with Crippen LogP contribution in [0.3, 0.4) is 0 Å². The van der Waals surface area contributed by atoms with Gasteiger partial charge in [-0.05, 0) is 42.5 Å². The van der Waals surface area contributed by atoms with Gasteiger partial charge in [-0.25, -0.2) is 13.1 Å². The minimum atomic E-state index is -3.58. The molecule has 0 fully saturated rings. The van der Waals surface area contributed by atoms with Crippen LogP contribution in [0.2, 0.25) is 10.0 Å². The molecule has 0 bridgehead atoms. The number of halogens is 2. The highest BCUT2D eigenvalue weighted by molar-refractivity contribution is 7.89. The van der Waals surface area contributed by atoms with E-state index in [1.807, 2.05) is 0 Å². The minimum absolute atomic E-state index is 0.126. The van der Waals surface area contributed by atoms with Crippen molar-refractivity contribution in [1.29, 1.82) is 0 Å². The molecule has 2 rings (SSSR count). The van der Waals surface area contributed by atoms with Crippen LogP contribution in [0.25, 0.3) is 0 Å². The molecule has 4 nitrogen and oxygen atoms in total. The van der Waals surface area contributed by atoms with Crippen LogP contribution in [-0.2, 0) is 10.0 Å². The van der Waals surface area contributed by atoms with Crippen molar-refractivity contribution in [2.24, 2.45) is 0 Å².